The van der Waals surface area contributed by atoms with Crippen molar-refractivity contribution in [1.29, 1.82) is 0 Å². The maximum absolute atomic E-state index is 4.35. The molecule has 0 aliphatic rings. The molecule has 1 rings (SSSR count). The van der Waals surface area contributed by atoms with Crippen molar-refractivity contribution in [3.05, 3.63) is 23.5 Å². The second kappa shape index (κ2) is 6.48. The largest absolute Gasteiger partial charge is 0.385 e. The molecule has 0 atom stereocenters. The summed E-state index contributed by atoms with van der Waals surface area (Å²) in [4.78, 5) is 4.35. The summed E-state index contributed by atoms with van der Waals surface area (Å²) >= 11 is 0. The minimum atomic E-state index is 0.500. The fourth-order valence-corrected chi connectivity index (χ4v) is 1.47. The Bertz CT molecular complexity index is 321. The van der Waals surface area contributed by atoms with E-state index < -0.39 is 0 Å². The number of hydrogen-bond acceptors (Lipinski definition) is 3. The quantitative estimate of drug-likeness (QED) is 0.775. The first-order valence-corrected chi connectivity index (χ1v) is 6.06. The van der Waals surface area contributed by atoms with Gasteiger partial charge in [0.05, 0.1) is 0 Å². The van der Waals surface area contributed by atoms with E-state index in [0.29, 0.717) is 6.04 Å². The number of nitrogens with one attached hydrogen (secondary N) is 2. The molecule has 0 bridgehead atoms. The van der Waals surface area contributed by atoms with Crippen molar-refractivity contribution in [1.82, 2.24) is 10.3 Å². The molecule has 0 unspecified atom stereocenters. The summed E-state index contributed by atoms with van der Waals surface area (Å²) in [6.45, 7) is 10.4. The highest BCUT2D eigenvalue weighted by Gasteiger charge is 2.03. The smallest absolute Gasteiger partial charge is 0.0419 e. The zero-order valence-corrected chi connectivity index (χ0v) is 10.8. The second-order valence-corrected chi connectivity index (χ2v) is 4.45. The van der Waals surface area contributed by atoms with E-state index in [0.717, 1.165) is 25.2 Å². The van der Waals surface area contributed by atoms with E-state index in [2.05, 4.69) is 42.5 Å². The molecule has 1 heterocycles. The van der Waals surface area contributed by atoms with E-state index in [1.807, 2.05) is 13.1 Å². The predicted molar refractivity (Wildman–Crippen MR) is 69.7 cm³/mol. The van der Waals surface area contributed by atoms with Gasteiger partial charge in [-0.1, -0.05) is 20.8 Å². The lowest BCUT2D eigenvalue weighted by atomic mass is 10.2. The van der Waals surface area contributed by atoms with Gasteiger partial charge in [0, 0.05) is 42.3 Å². The van der Waals surface area contributed by atoms with Crippen molar-refractivity contribution in [2.24, 2.45) is 0 Å². The number of aryl methyl sites for hydroxylation is 1. The van der Waals surface area contributed by atoms with Crippen LogP contribution in [0, 0.1) is 6.92 Å². The maximum atomic E-state index is 4.35. The SMILES string of the molecule is CCCNc1cc(C)ncc1CNC(C)C. The van der Waals surface area contributed by atoms with E-state index >= 15 is 0 Å². The molecule has 0 aliphatic heterocycles. The highest BCUT2D eigenvalue weighted by molar-refractivity contribution is 5.50. The monoisotopic (exact) mass is 221 g/mol. The first-order valence-electron chi connectivity index (χ1n) is 6.06. The van der Waals surface area contributed by atoms with Gasteiger partial charge in [0.25, 0.3) is 0 Å². The maximum Gasteiger partial charge on any atom is 0.0419 e. The van der Waals surface area contributed by atoms with Crippen LogP contribution in [0.25, 0.3) is 0 Å². The summed E-state index contributed by atoms with van der Waals surface area (Å²) in [5.41, 5.74) is 3.52. The van der Waals surface area contributed by atoms with E-state index in [-0.39, 0.29) is 0 Å². The number of rotatable bonds is 6. The van der Waals surface area contributed by atoms with Gasteiger partial charge in [-0.25, -0.2) is 0 Å². The molecule has 0 aliphatic carbocycles. The lowest BCUT2D eigenvalue weighted by Gasteiger charge is -2.14. The number of nitrogens with zero attached hydrogens (tertiary/aromatic N) is 1. The predicted octanol–water partition coefficient (Wildman–Crippen LogP) is 2.71. The Morgan fingerprint density at radius 1 is 1.38 bits per heavy atom. The average molecular weight is 221 g/mol. The molecule has 16 heavy (non-hydrogen) atoms. The molecule has 1 aromatic heterocycles. The van der Waals surface area contributed by atoms with Crippen molar-refractivity contribution in [2.75, 3.05) is 11.9 Å². The highest BCUT2D eigenvalue weighted by atomic mass is 14.9. The van der Waals surface area contributed by atoms with E-state index in [1.165, 1.54) is 11.3 Å². The third-order valence-electron chi connectivity index (χ3n) is 2.39. The lowest BCUT2D eigenvalue weighted by Crippen LogP contribution is -2.22. The molecule has 90 valence electrons. The molecular weight excluding hydrogens is 198 g/mol. The van der Waals surface area contributed by atoms with Crippen molar-refractivity contribution >= 4 is 5.69 Å². The van der Waals surface area contributed by atoms with Crippen LogP contribution in [0.5, 0.6) is 0 Å². The van der Waals surface area contributed by atoms with Crippen molar-refractivity contribution in [2.45, 2.75) is 46.7 Å². The van der Waals surface area contributed by atoms with Gasteiger partial charge >= 0.3 is 0 Å². The number of pyridine rings is 1. The minimum Gasteiger partial charge on any atom is -0.385 e. The first kappa shape index (κ1) is 13.0. The van der Waals surface area contributed by atoms with E-state index in [4.69, 9.17) is 0 Å². The summed E-state index contributed by atoms with van der Waals surface area (Å²) in [7, 11) is 0. The summed E-state index contributed by atoms with van der Waals surface area (Å²) < 4.78 is 0. The third kappa shape index (κ3) is 4.19. The Kier molecular flexibility index (Phi) is 5.26. The fraction of sp³-hybridized carbons (Fsp3) is 0.615. The van der Waals surface area contributed by atoms with Crippen molar-refractivity contribution in [3.8, 4) is 0 Å². The van der Waals surface area contributed by atoms with Gasteiger partial charge in [-0.2, -0.15) is 0 Å². The summed E-state index contributed by atoms with van der Waals surface area (Å²) in [6, 6.07) is 2.62. The fourth-order valence-electron chi connectivity index (χ4n) is 1.47. The zero-order chi connectivity index (χ0) is 12.0. The molecule has 1 aromatic rings. The molecule has 0 radical (unpaired) electrons. The molecule has 0 aromatic carbocycles. The van der Waals surface area contributed by atoms with Crippen LogP contribution in [0.3, 0.4) is 0 Å². The Balaban J connectivity index is 2.72. The molecule has 2 N–H and O–H groups in total. The Morgan fingerprint density at radius 2 is 2.12 bits per heavy atom. The Labute approximate surface area is 98.7 Å². The summed E-state index contributed by atoms with van der Waals surface area (Å²) in [6.07, 6.45) is 3.10. The molecule has 0 fully saturated rings. The summed E-state index contributed by atoms with van der Waals surface area (Å²) in [5.74, 6) is 0. The standard InChI is InChI=1S/C13H23N3/c1-5-6-14-13-7-11(4)16-9-12(13)8-15-10(2)3/h7,9-10,15H,5-6,8H2,1-4H3,(H,14,16). The molecular formula is C13H23N3. The van der Waals surface area contributed by atoms with Crippen LogP contribution >= 0.6 is 0 Å². The first-order chi connectivity index (χ1) is 7.63. The average Bonchev–Trinajstić information content (AvgIpc) is 2.24. The van der Waals surface area contributed by atoms with Gasteiger partial charge in [0.15, 0.2) is 0 Å². The van der Waals surface area contributed by atoms with Gasteiger partial charge in [0.1, 0.15) is 0 Å². The van der Waals surface area contributed by atoms with Crippen LogP contribution in [0.15, 0.2) is 12.3 Å². The third-order valence-corrected chi connectivity index (χ3v) is 2.39. The lowest BCUT2D eigenvalue weighted by molar-refractivity contribution is 0.588. The van der Waals surface area contributed by atoms with Gasteiger partial charge in [-0.3, -0.25) is 4.98 Å². The van der Waals surface area contributed by atoms with Crippen LogP contribution < -0.4 is 10.6 Å². The number of aromatic nitrogens is 1. The normalized spacial score (nSPS) is 10.8. The van der Waals surface area contributed by atoms with E-state index in [9.17, 15) is 0 Å². The van der Waals surface area contributed by atoms with E-state index in [1.54, 1.807) is 0 Å². The summed E-state index contributed by atoms with van der Waals surface area (Å²) in [5, 5.41) is 6.87. The van der Waals surface area contributed by atoms with Crippen LogP contribution in [-0.2, 0) is 6.54 Å². The molecule has 3 nitrogen and oxygen atoms in total. The van der Waals surface area contributed by atoms with Crippen LogP contribution in [0.2, 0.25) is 0 Å². The van der Waals surface area contributed by atoms with Gasteiger partial charge in [-0.15, -0.1) is 0 Å². The Morgan fingerprint density at radius 3 is 2.75 bits per heavy atom. The van der Waals surface area contributed by atoms with Crippen LogP contribution in [0.1, 0.15) is 38.4 Å². The second-order valence-electron chi connectivity index (χ2n) is 4.45. The Hall–Kier alpha value is -1.09. The molecule has 3 heteroatoms. The van der Waals surface area contributed by atoms with Crippen molar-refractivity contribution < 1.29 is 0 Å². The molecule has 0 saturated heterocycles. The van der Waals surface area contributed by atoms with Crippen LogP contribution in [0.4, 0.5) is 5.69 Å². The van der Waals surface area contributed by atoms with Gasteiger partial charge in [0.2, 0.25) is 0 Å². The van der Waals surface area contributed by atoms with Crippen LogP contribution in [-0.4, -0.2) is 17.6 Å². The molecule has 0 spiro atoms. The number of hydrogen-bond donors (Lipinski definition) is 2. The van der Waals surface area contributed by atoms with Gasteiger partial charge in [-0.05, 0) is 19.4 Å². The van der Waals surface area contributed by atoms with Crippen molar-refractivity contribution in [3.63, 3.8) is 0 Å². The number of anilines is 1. The highest BCUT2D eigenvalue weighted by Crippen LogP contribution is 2.15. The van der Waals surface area contributed by atoms with Gasteiger partial charge < -0.3 is 10.6 Å². The minimum absolute atomic E-state index is 0.500. The topological polar surface area (TPSA) is 37.0 Å². The molecule has 0 saturated carbocycles. The molecule has 0 amide bonds. The zero-order valence-electron chi connectivity index (χ0n) is 10.8.